The first-order chi connectivity index (χ1) is 7.10. The number of rotatable bonds is 4. The van der Waals surface area contributed by atoms with E-state index in [4.69, 9.17) is 10.5 Å². The lowest BCUT2D eigenvalue weighted by molar-refractivity contribution is -0.385. The Bertz CT molecular complexity index is 396. The highest BCUT2D eigenvalue weighted by Gasteiger charge is 2.16. The maximum atomic E-state index is 10.7. The Morgan fingerprint density at radius 2 is 2.25 bits per heavy atom. The number of hydrogen-bond acceptors (Lipinski definition) is 4. The molecule has 5 nitrogen and oxygen atoms in total. The van der Waals surface area contributed by atoms with Gasteiger partial charge >= 0.3 is 5.69 Å². The van der Waals surface area contributed by atoms with Crippen LogP contribution in [0.1, 0.15) is 11.6 Å². The van der Waals surface area contributed by atoms with E-state index in [0.29, 0.717) is 5.56 Å². The van der Waals surface area contributed by atoms with Gasteiger partial charge in [0.05, 0.1) is 12.0 Å². The van der Waals surface area contributed by atoms with Crippen molar-refractivity contribution in [2.75, 3.05) is 7.11 Å². The molecule has 88 valence electrons. The fraction of sp³-hybridized carbons (Fsp3) is 0.200. The van der Waals surface area contributed by atoms with Gasteiger partial charge < -0.3 is 10.5 Å². The lowest BCUT2D eigenvalue weighted by Gasteiger charge is -2.08. The van der Waals surface area contributed by atoms with Gasteiger partial charge in [0, 0.05) is 12.1 Å². The second kappa shape index (κ2) is 6.09. The van der Waals surface area contributed by atoms with E-state index in [0.717, 1.165) is 0 Å². The zero-order chi connectivity index (χ0) is 11.4. The summed E-state index contributed by atoms with van der Waals surface area (Å²) in [5.41, 5.74) is 6.22. The predicted molar refractivity (Wildman–Crippen MR) is 64.0 cm³/mol. The molecule has 0 radical (unpaired) electrons. The topological polar surface area (TPSA) is 78.4 Å². The van der Waals surface area contributed by atoms with Gasteiger partial charge in [0.25, 0.3) is 0 Å². The molecule has 1 rings (SSSR count). The number of hydrogen-bond donors (Lipinski definition) is 1. The third-order valence-electron chi connectivity index (χ3n) is 2.04. The number of nitro groups is 1. The predicted octanol–water partition coefficient (Wildman–Crippen LogP) is 2.21. The Labute approximate surface area is 99.5 Å². The molecule has 16 heavy (non-hydrogen) atoms. The molecule has 2 N–H and O–H groups in total. The molecule has 6 heteroatoms. The standard InChI is InChI=1S/C10H12N2O3.ClH/c1-3-8(11)7-4-5-10(15-2)9(6-7)12(13)14;/h3-6,8H,1,11H2,2H3;1H/t8-;/m1./s1. The van der Waals surface area contributed by atoms with Crippen molar-refractivity contribution in [1.29, 1.82) is 0 Å². The van der Waals surface area contributed by atoms with Crippen LogP contribution in [0.4, 0.5) is 5.69 Å². The Kier molecular flexibility index (Phi) is 5.49. The SMILES string of the molecule is C=C[C@@H](N)c1ccc(OC)c([N+](=O)[O-])c1.Cl. The summed E-state index contributed by atoms with van der Waals surface area (Å²) in [7, 11) is 1.38. The van der Waals surface area contributed by atoms with Gasteiger partial charge in [-0.15, -0.1) is 19.0 Å². The van der Waals surface area contributed by atoms with Crippen LogP contribution in [0.2, 0.25) is 0 Å². The van der Waals surface area contributed by atoms with Crippen LogP contribution in [-0.2, 0) is 0 Å². The molecule has 1 aromatic carbocycles. The van der Waals surface area contributed by atoms with Crippen LogP contribution >= 0.6 is 12.4 Å². The van der Waals surface area contributed by atoms with Crippen LogP contribution < -0.4 is 10.5 Å². The molecule has 1 aromatic rings. The van der Waals surface area contributed by atoms with Gasteiger partial charge in [-0.25, -0.2) is 0 Å². The summed E-state index contributed by atoms with van der Waals surface area (Å²) < 4.78 is 4.87. The second-order valence-electron chi connectivity index (χ2n) is 2.95. The van der Waals surface area contributed by atoms with Crippen molar-refractivity contribution in [3.05, 3.63) is 46.5 Å². The lowest BCUT2D eigenvalue weighted by atomic mass is 10.1. The van der Waals surface area contributed by atoms with Crippen molar-refractivity contribution < 1.29 is 9.66 Å². The molecule has 0 saturated carbocycles. The molecule has 0 fully saturated rings. The Hall–Kier alpha value is -1.59. The number of nitrogens with two attached hydrogens (primary N) is 1. The van der Waals surface area contributed by atoms with E-state index in [1.54, 1.807) is 6.07 Å². The summed E-state index contributed by atoms with van der Waals surface area (Å²) in [5.74, 6) is 0.222. The molecule has 0 aromatic heterocycles. The maximum Gasteiger partial charge on any atom is 0.311 e. The van der Waals surface area contributed by atoms with Crippen LogP contribution in [0.5, 0.6) is 5.75 Å². The monoisotopic (exact) mass is 244 g/mol. The van der Waals surface area contributed by atoms with Crippen LogP contribution in [0.15, 0.2) is 30.9 Å². The van der Waals surface area contributed by atoms with Crippen molar-refractivity contribution >= 4 is 18.1 Å². The third kappa shape index (κ3) is 2.95. The van der Waals surface area contributed by atoms with Crippen LogP contribution in [0.25, 0.3) is 0 Å². The minimum absolute atomic E-state index is 0. The van der Waals surface area contributed by atoms with E-state index in [9.17, 15) is 10.1 Å². The average molecular weight is 245 g/mol. The van der Waals surface area contributed by atoms with Crippen molar-refractivity contribution in [2.24, 2.45) is 5.73 Å². The van der Waals surface area contributed by atoms with Crippen molar-refractivity contribution in [1.82, 2.24) is 0 Å². The summed E-state index contributed by atoms with van der Waals surface area (Å²) >= 11 is 0. The molecule has 0 amide bonds. The molecule has 0 aliphatic carbocycles. The van der Waals surface area contributed by atoms with Crippen LogP contribution in [-0.4, -0.2) is 12.0 Å². The number of halogens is 1. The maximum absolute atomic E-state index is 10.7. The summed E-state index contributed by atoms with van der Waals surface area (Å²) in [6.07, 6.45) is 1.52. The molecular formula is C10H13ClN2O3. The number of nitro benzene ring substituents is 1. The minimum atomic E-state index is -0.502. The first kappa shape index (κ1) is 14.4. The van der Waals surface area contributed by atoms with E-state index in [2.05, 4.69) is 6.58 Å². The summed E-state index contributed by atoms with van der Waals surface area (Å²) in [4.78, 5) is 10.2. The van der Waals surface area contributed by atoms with E-state index < -0.39 is 11.0 Å². The van der Waals surface area contributed by atoms with Gasteiger partial charge in [-0.05, 0) is 11.6 Å². The number of methoxy groups -OCH3 is 1. The van der Waals surface area contributed by atoms with E-state index >= 15 is 0 Å². The number of benzene rings is 1. The molecule has 0 bridgehead atoms. The molecule has 0 aliphatic rings. The zero-order valence-corrected chi connectivity index (χ0v) is 9.57. The van der Waals surface area contributed by atoms with Gasteiger partial charge in [-0.3, -0.25) is 10.1 Å². The van der Waals surface area contributed by atoms with Crippen LogP contribution in [0.3, 0.4) is 0 Å². The highest BCUT2D eigenvalue weighted by Crippen LogP contribution is 2.29. The first-order valence-corrected chi connectivity index (χ1v) is 4.30. The fourth-order valence-electron chi connectivity index (χ4n) is 1.19. The summed E-state index contributed by atoms with van der Waals surface area (Å²) in [5, 5.41) is 10.7. The molecular weight excluding hydrogens is 232 g/mol. The fourth-order valence-corrected chi connectivity index (χ4v) is 1.19. The largest absolute Gasteiger partial charge is 0.490 e. The Balaban J connectivity index is 0.00000225. The van der Waals surface area contributed by atoms with Crippen molar-refractivity contribution in [2.45, 2.75) is 6.04 Å². The summed E-state index contributed by atoms with van der Waals surface area (Å²) in [6, 6.07) is 4.19. The molecule has 0 saturated heterocycles. The van der Waals surface area contributed by atoms with Gasteiger partial charge in [0.1, 0.15) is 0 Å². The number of ether oxygens (including phenoxy) is 1. The minimum Gasteiger partial charge on any atom is -0.490 e. The van der Waals surface area contributed by atoms with Gasteiger partial charge in [0.15, 0.2) is 5.75 Å². The second-order valence-corrected chi connectivity index (χ2v) is 2.95. The van der Waals surface area contributed by atoms with Crippen molar-refractivity contribution in [3.63, 3.8) is 0 Å². The Morgan fingerprint density at radius 3 is 2.69 bits per heavy atom. The normalized spacial score (nSPS) is 11.1. The molecule has 0 aliphatic heterocycles. The van der Waals surface area contributed by atoms with E-state index in [-0.39, 0.29) is 23.8 Å². The summed E-state index contributed by atoms with van der Waals surface area (Å²) in [6.45, 7) is 3.53. The highest BCUT2D eigenvalue weighted by atomic mass is 35.5. The van der Waals surface area contributed by atoms with Crippen LogP contribution in [0, 0.1) is 10.1 Å². The average Bonchev–Trinajstić information content (AvgIpc) is 2.27. The smallest absolute Gasteiger partial charge is 0.311 e. The van der Waals surface area contributed by atoms with Crippen molar-refractivity contribution in [3.8, 4) is 5.75 Å². The van der Waals surface area contributed by atoms with Gasteiger partial charge in [-0.1, -0.05) is 12.1 Å². The molecule has 0 spiro atoms. The zero-order valence-electron chi connectivity index (χ0n) is 8.75. The van der Waals surface area contributed by atoms with Gasteiger partial charge in [-0.2, -0.15) is 0 Å². The van der Waals surface area contributed by atoms with E-state index in [1.807, 2.05) is 0 Å². The lowest BCUT2D eigenvalue weighted by Crippen LogP contribution is -2.07. The Morgan fingerprint density at radius 1 is 1.62 bits per heavy atom. The molecule has 0 heterocycles. The van der Waals surface area contributed by atoms with E-state index in [1.165, 1.54) is 25.3 Å². The molecule has 0 unspecified atom stereocenters. The third-order valence-corrected chi connectivity index (χ3v) is 2.04. The quantitative estimate of drug-likeness (QED) is 0.500. The first-order valence-electron chi connectivity index (χ1n) is 4.30. The van der Waals surface area contributed by atoms with Gasteiger partial charge in [0.2, 0.25) is 0 Å². The highest BCUT2D eigenvalue weighted by molar-refractivity contribution is 5.85. The number of nitrogens with zero attached hydrogens (tertiary/aromatic N) is 1. The molecule has 1 atom stereocenters.